The van der Waals surface area contributed by atoms with E-state index >= 15 is 0 Å². The predicted molar refractivity (Wildman–Crippen MR) is 79.7 cm³/mol. The van der Waals surface area contributed by atoms with Crippen molar-refractivity contribution in [1.29, 1.82) is 5.26 Å². The highest BCUT2D eigenvalue weighted by Crippen LogP contribution is 2.29. The Labute approximate surface area is 123 Å². The second-order valence-corrected chi connectivity index (χ2v) is 5.38. The minimum atomic E-state index is -0.257. The third-order valence-corrected chi connectivity index (χ3v) is 3.62. The van der Waals surface area contributed by atoms with E-state index in [9.17, 15) is 5.26 Å². The third-order valence-electron chi connectivity index (χ3n) is 3.05. The first-order valence-electron chi connectivity index (χ1n) is 6.00. The fourth-order valence-corrected chi connectivity index (χ4v) is 2.51. The smallest absolute Gasteiger partial charge is 0.0767 e. The molecular weight excluding hydrogens is 277 g/mol. The van der Waals surface area contributed by atoms with Crippen molar-refractivity contribution in [1.82, 2.24) is 0 Å². The van der Waals surface area contributed by atoms with Gasteiger partial charge >= 0.3 is 0 Å². The van der Waals surface area contributed by atoms with E-state index in [1.165, 1.54) is 5.56 Å². The minimum Gasteiger partial charge on any atom is -0.198 e. The van der Waals surface area contributed by atoms with E-state index < -0.39 is 0 Å². The summed E-state index contributed by atoms with van der Waals surface area (Å²) in [7, 11) is 0. The van der Waals surface area contributed by atoms with Crippen LogP contribution in [-0.4, -0.2) is 0 Å². The first kappa shape index (κ1) is 13.9. The van der Waals surface area contributed by atoms with Crippen LogP contribution < -0.4 is 0 Å². The van der Waals surface area contributed by atoms with Crippen molar-refractivity contribution in [3.8, 4) is 6.07 Å². The molecule has 19 heavy (non-hydrogen) atoms. The highest BCUT2D eigenvalue weighted by molar-refractivity contribution is 6.35. The van der Waals surface area contributed by atoms with Gasteiger partial charge in [0.2, 0.25) is 0 Å². The Bertz CT molecular complexity index is 612. The van der Waals surface area contributed by atoms with E-state index in [4.69, 9.17) is 23.2 Å². The fourth-order valence-electron chi connectivity index (χ4n) is 1.97. The summed E-state index contributed by atoms with van der Waals surface area (Å²) >= 11 is 12.0. The summed E-state index contributed by atoms with van der Waals surface area (Å²) in [6.07, 6.45) is 0.651. The molecule has 2 rings (SSSR count). The molecule has 0 saturated heterocycles. The molecule has 0 spiro atoms. The SMILES string of the molecule is Cc1ccc(CC(C#N)c2ccc(Cl)cc2Cl)cc1. The van der Waals surface area contributed by atoms with Gasteiger partial charge in [0, 0.05) is 10.0 Å². The minimum absolute atomic E-state index is 0.257. The summed E-state index contributed by atoms with van der Waals surface area (Å²) in [6.45, 7) is 2.04. The Morgan fingerprint density at radius 2 is 1.79 bits per heavy atom. The monoisotopic (exact) mass is 289 g/mol. The Morgan fingerprint density at radius 3 is 2.37 bits per heavy atom. The lowest BCUT2D eigenvalue weighted by Crippen LogP contribution is -2.01. The van der Waals surface area contributed by atoms with Gasteiger partial charge in [-0.2, -0.15) is 5.26 Å². The van der Waals surface area contributed by atoms with Crippen LogP contribution in [0.2, 0.25) is 10.0 Å². The highest BCUT2D eigenvalue weighted by atomic mass is 35.5. The van der Waals surface area contributed by atoms with E-state index in [0.29, 0.717) is 16.5 Å². The summed E-state index contributed by atoms with van der Waals surface area (Å²) in [5, 5.41) is 10.5. The van der Waals surface area contributed by atoms with Crippen molar-refractivity contribution >= 4 is 23.2 Å². The van der Waals surface area contributed by atoms with E-state index in [1.54, 1.807) is 12.1 Å². The normalized spacial score (nSPS) is 11.9. The summed E-state index contributed by atoms with van der Waals surface area (Å²) in [5.74, 6) is -0.257. The van der Waals surface area contributed by atoms with Crippen LogP contribution in [0.4, 0.5) is 0 Å². The first-order chi connectivity index (χ1) is 9.10. The van der Waals surface area contributed by atoms with E-state index in [0.717, 1.165) is 11.1 Å². The maximum Gasteiger partial charge on any atom is 0.0767 e. The number of halogens is 2. The van der Waals surface area contributed by atoms with Gasteiger partial charge < -0.3 is 0 Å². The average Bonchev–Trinajstić information content (AvgIpc) is 2.39. The van der Waals surface area contributed by atoms with Crippen LogP contribution in [0, 0.1) is 18.3 Å². The Morgan fingerprint density at radius 1 is 1.11 bits per heavy atom. The van der Waals surface area contributed by atoms with Gasteiger partial charge in [0.05, 0.1) is 12.0 Å². The number of nitrogens with zero attached hydrogens (tertiary/aromatic N) is 1. The third kappa shape index (κ3) is 3.50. The van der Waals surface area contributed by atoms with E-state index in [1.807, 2.05) is 37.3 Å². The van der Waals surface area contributed by atoms with Gasteiger partial charge in [0.25, 0.3) is 0 Å². The van der Waals surface area contributed by atoms with Crippen LogP contribution in [0.25, 0.3) is 0 Å². The predicted octanol–water partition coefficient (Wildman–Crippen LogP) is 5.15. The molecule has 0 N–H and O–H groups in total. The van der Waals surface area contributed by atoms with Crippen LogP contribution in [-0.2, 0) is 6.42 Å². The molecule has 1 nitrogen and oxygen atoms in total. The van der Waals surface area contributed by atoms with Gasteiger partial charge in [-0.25, -0.2) is 0 Å². The summed E-state index contributed by atoms with van der Waals surface area (Å²) < 4.78 is 0. The first-order valence-corrected chi connectivity index (χ1v) is 6.76. The van der Waals surface area contributed by atoms with Gasteiger partial charge in [-0.15, -0.1) is 0 Å². The quantitative estimate of drug-likeness (QED) is 0.766. The molecule has 0 aliphatic rings. The highest BCUT2D eigenvalue weighted by Gasteiger charge is 2.15. The van der Waals surface area contributed by atoms with Gasteiger partial charge in [-0.3, -0.25) is 0 Å². The fraction of sp³-hybridized carbons (Fsp3) is 0.188. The van der Waals surface area contributed by atoms with Crippen LogP contribution in [0.15, 0.2) is 42.5 Å². The Hall–Kier alpha value is -1.49. The second-order valence-electron chi connectivity index (χ2n) is 4.54. The molecule has 0 saturated carbocycles. The number of aryl methyl sites for hydroxylation is 1. The molecule has 0 heterocycles. The van der Waals surface area contributed by atoms with Crippen molar-refractivity contribution in [3.63, 3.8) is 0 Å². The molecule has 0 amide bonds. The van der Waals surface area contributed by atoms with E-state index in [2.05, 4.69) is 6.07 Å². The van der Waals surface area contributed by atoms with Gasteiger partial charge in [-0.05, 0) is 36.6 Å². The van der Waals surface area contributed by atoms with Gasteiger partial charge in [0.15, 0.2) is 0 Å². The largest absolute Gasteiger partial charge is 0.198 e. The molecule has 0 fully saturated rings. The molecule has 3 heteroatoms. The zero-order valence-corrected chi connectivity index (χ0v) is 12.0. The van der Waals surface area contributed by atoms with Gasteiger partial charge in [0.1, 0.15) is 0 Å². The summed E-state index contributed by atoms with van der Waals surface area (Å²) in [5.41, 5.74) is 3.17. The molecule has 0 aliphatic carbocycles. The molecule has 2 aromatic rings. The number of hydrogen-bond acceptors (Lipinski definition) is 1. The lowest BCUT2D eigenvalue weighted by Gasteiger charge is -2.12. The zero-order valence-electron chi connectivity index (χ0n) is 10.5. The van der Waals surface area contributed by atoms with Gasteiger partial charge in [-0.1, -0.05) is 59.1 Å². The molecule has 0 aromatic heterocycles. The number of hydrogen-bond donors (Lipinski definition) is 0. The number of benzene rings is 2. The maximum atomic E-state index is 9.35. The molecule has 1 atom stereocenters. The maximum absolute atomic E-state index is 9.35. The molecular formula is C16H13Cl2N. The van der Waals surface area contributed by atoms with Crippen molar-refractivity contribution in [2.45, 2.75) is 19.3 Å². The zero-order chi connectivity index (χ0) is 13.8. The lowest BCUT2D eigenvalue weighted by molar-refractivity contribution is 0.849. The van der Waals surface area contributed by atoms with Crippen LogP contribution in [0.5, 0.6) is 0 Å². The molecule has 1 unspecified atom stereocenters. The topological polar surface area (TPSA) is 23.8 Å². The second kappa shape index (κ2) is 6.10. The van der Waals surface area contributed by atoms with E-state index in [-0.39, 0.29) is 5.92 Å². The van der Waals surface area contributed by atoms with Crippen molar-refractivity contribution in [3.05, 3.63) is 69.2 Å². The van der Waals surface area contributed by atoms with Crippen molar-refractivity contribution < 1.29 is 0 Å². The molecule has 96 valence electrons. The van der Waals surface area contributed by atoms with Crippen molar-refractivity contribution in [2.24, 2.45) is 0 Å². The number of rotatable bonds is 3. The molecule has 0 bridgehead atoms. The standard InChI is InChI=1S/C16H13Cl2N/c1-11-2-4-12(5-3-11)8-13(10-19)15-7-6-14(17)9-16(15)18/h2-7,9,13H,8H2,1H3. The van der Waals surface area contributed by atoms with Crippen LogP contribution >= 0.6 is 23.2 Å². The summed E-state index contributed by atoms with van der Waals surface area (Å²) in [4.78, 5) is 0. The van der Waals surface area contributed by atoms with Crippen LogP contribution in [0.3, 0.4) is 0 Å². The van der Waals surface area contributed by atoms with Crippen LogP contribution in [0.1, 0.15) is 22.6 Å². The summed E-state index contributed by atoms with van der Waals surface area (Å²) in [6, 6.07) is 15.8. The molecule has 0 radical (unpaired) electrons. The molecule has 0 aliphatic heterocycles. The number of nitriles is 1. The lowest BCUT2D eigenvalue weighted by atomic mass is 9.93. The van der Waals surface area contributed by atoms with Crippen molar-refractivity contribution in [2.75, 3.05) is 0 Å². The Balaban J connectivity index is 2.25. The average molecular weight is 290 g/mol. The molecule has 2 aromatic carbocycles. The Kier molecular flexibility index (Phi) is 4.47.